The van der Waals surface area contributed by atoms with Crippen LogP contribution in [0, 0.1) is 11.8 Å². The second-order valence-corrected chi connectivity index (χ2v) is 7.16. The Kier molecular flexibility index (Phi) is 6.73. The molecule has 5 heteroatoms. The third-order valence-corrected chi connectivity index (χ3v) is 4.85. The minimum atomic E-state index is -0.0570. The zero-order valence-corrected chi connectivity index (χ0v) is 15.3. The summed E-state index contributed by atoms with van der Waals surface area (Å²) in [6.45, 7) is 6.98. The van der Waals surface area contributed by atoms with Gasteiger partial charge in [0.05, 0.1) is 6.04 Å². The van der Waals surface area contributed by atoms with Crippen LogP contribution in [0.1, 0.15) is 50.4 Å². The van der Waals surface area contributed by atoms with Crippen LogP contribution in [0.3, 0.4) is 0 Å². The molecule has 25 heavy (non-hydrogen) atoms. The largest absolute Gasteiger partial charge is 0.351 e. The van der Waals surface area contributed by atoms with Crippen molar-refractivity contribution in [1.29, 1.82) is 0 Å². The second-order valence-electron chi connectivity index (χ2n) is 7.16. The summed E-state index contributed by atoms with van der Waals surface area (Å²) in [5, 5.41) is 2.97. The van der Waals surface area contributed by atoms with Crippen molar-refractivity contribution in [3.63, 3.8) is 0 Å². The van der Waals surface area contributed by atoms with Gasteiger partial charge in [-0.2, -0.15) is 0 Å². The van der Waals surface area contributed by atoms with Crippen molar-refractivity contribution < 1.29 is 14.4 Å². The number of rotatable bonds is 7. The Balaban J connectivity index is 1.82. The Morgan fingerprint density at radius 1 is 1.12 bits per heavy atom. The third kappa shape index (κ3) is 5.41. The minimum absolute atomic E-state index is 0.0207. The van der Waals surface area contributed by atoms with Gasteiger partial charge in [-0.3, -0.25) is 14.4 Å². The van der Waals surface area contributed by atoms with Crippen LogP contribution in [0.4, 0.5) is 0 Å². The standard InChI is InChI=1S/C20H28N2O3/c1-14(2)17-12-22(13-18(17)21-15(3)23)20(25)11-7-10-19(24)16-8-5-4-6-9-16/h4-6,8-9,14,17-18H,7,10-13H2,1-3H3,(H,21,23). The third-order valence-electron chi connectivity index (χ3n) is 4.85. The molecule has 0 aromatic heterocycles. The Hall–Kier alpha value is -2.17. The van der Waals surface area contributed by atoms with Gasteiger partial charge < -0.3 is 10.2 Å². The van der Waals surface area contributed by atoms with Gasteiger partial charge in [0.15, 0.2) is 5.78 Å². The van der Waals surface area contributed by atoms with Crippen LogP contribution < -0.4 is 5.32 Å². The number of amides is 2. The first-order valence-corrected chi connectivity index (χ1v) is 9.01. The van der Waals surface area contributed by atoms with E-state index in [1.807, 2.05) is 23.1 Å². The molecule has 1 heterocycles. The molecule has 2 atom stereocenters. The monoisotopic (exact) mass is 344 g/mol. The zero-order chi connectivity index (χ0) is 18.4. The minimum Gasteiger partial charge on any atom is -0.351 e. The molecule has 0 radical (unpaired) electrons. The Labute approximate surface area is 149 Å². The molecule has 2 rings (SSSR count). The molecule has 1 saturated heterocycles. The normalized spacial score (nSPS) is 19.9. The van der Waals surface area contributed by atoms with Crippen LogP contribution in [0.25, 0.3) is 0 Å². The maximum atomic E-state index is 12.5. The number of hydrogen-bond donors (Lipinski definition) is 1. The number of benzene rings is 1. The van der Waals surface area contributed by atoms with Crippen molar-refractivity contribution >= 4 is 17.6 Å². The summed E-state index contributed by atoms with van der Waals surface area (Å²) in [5.74, 6) is 0.761. The Morgan fingerprint density at radius 2 is 1.80 bits per heavy atom. The van der Waals surface area contributed by atoms with Crippen molar-refractivity contribution in [2.24, 2.45) is 11.8 Å². The molecule has 5 nitrogen and oxygen atoms in total. The fourth-order valence-electron chi connectivity index (χ4n) is 3.45. The summed E-state index contributed by atoms with van der Waals surface area (Å²) in [4.78, 5) is 37.8. The molecule has 1 aromatic rings. The molecular formula is C20H28N2O3. The number of Topliss-reactive ketones (excluding diaryl/α,β-unsaturated/α-hetero) is 1. The summed E-state index contributed by atoms with van der Waals surface area (Å²) >= 11 is 0. The molecule has 0 aliphatic carbocycles. The molecule has 0 bridgehead atoms. The Morgan fingerprint density at radius 3 is 2.40 bits per heavy atom. The van der Waals surface area contributed by atoms with Crippen molar-refractivity contribution in [2.45, 2.75) is 46.1 Å². The van der Waals surface area contributed by atoms with Gasteiger partial charge in [0.1, 0.15) is 0 Å². The maximum Gasteiger partial charge on any atom is 0.222 e. The number of carbonyl (C=O) groups excluding carboxylic acids is 3. The summed E-state index contributed by atoms with van der Waals surface area (Å²) < 4.78 is 0. The topological polar surface area (TPSA) is 66.5 Å². The highest BCUT2D eigenvalue weighted by Crippen LogP contribution is 2.25. The number of carbonyl (C=O) groups is 3. The van der Waals surface area contributed by atoms with E-state index >= 15 is 0 Å². The molecule has 136 valence electrons. The van der Waals surface area contributed by atoms with E-state index in [0.29, 0.717) is 43.8 Å². The van der Waals surface area contributed by atoms with Crippen LogP contribution in [0.2, 0.25) is 0 Å². The average Bonchev–Trinajstić information content (AvgIpc) is 2.99. The molecule has 2 amide bonds. The predicted octanol–water partition coefficient (Wildman–Crippen LogP) is 2.66. The predicted molar refractivity (Wildman–Crippen MR) is 97.1 cm³/mol. The molecule has 1 N–H and O–H groups in total. The van der Waals surface area contributed by atoms with Crippen molar-refractivity contribution in [3.8, 4) is 0 Å². The summed E-state index contributed by atoms with van der Waals surface area (Å²) in [6, 6.07) is 9.19. The van der Waals surface area contributed by atoms with Crippen molar-refractivity contribution in [2.75, 3.05) is 13.1 Å². The zero-order valence-electron chi connectivity index (χ0n) is 15.3. The van der Waals surface area contributed by atoms with Gasteiger partial charge in [0.2, 0.25) is 11.8 Å². The van der Waals surface area contributed by atoms with Crippen LogP contribution >= 0.6 is 0 Å². The van der Waals surface area contributed by atoms with E-state index < -0.39 is 0 Å². The number of likely N-dealkylation sites (tertiary alicyclic amines) is 1. The number of ketones is 1. The van der Waals surface area contributed by atoms with E-state index in [2.05, 4.69) is 19.2 Å². The maximum absolute atomic E-state index is 12.5. The lowest BCUT2D eigenvalue weighted by molar-refractivity contribution is -0.130. The van der Waals surface area contributed by atoms with Gasteiger partial charge in [-0.15, -0.1) is 0 Å². The molecular weight excluding hydrogens is 316 g/mol. The first-order chi connectivity index (χ1) is 11.9. The lowest BCUT2D eigenvalue weighted by Crippen LogP contribution is -2.41. The Bertz CT molecular complexity index is 613. The number of nitrogens with zero attached hydrogens (tertiary/aromatic N) is 1. The number of nitrogens with one attached hydrogen (secondary N) is 1. The highest BCUT2D eigenvalue weighted by molar-refractivity contribution is 5.96. The van der Waals surface area contributed by atoms with E-state index in [9.17, 15) is 14.4 Å². The number of hydrogen-bond acceptors (Lipinski definition) is 3. The SMILES string of the molecule is CC(=O)NC1CN(C(=O)CCCC(=O)c2ccccc2)CC1C(C)C. The fourth-order valence-corrected chi connectivity index (χ4v) is 3.45. The van der Waals surface area contributed by atoms with E-state index in [4.69, 9.17) is 0 Å². The quantitative estimate of drug-likeness (QED) is 0.773. The highest BCUT2D eigenvalue weighted by Gasteiger charge is 2.36. The molecule has 1 aliphatic heterocycles. The average molecular weight is 344 g/mol. The molecule has 0 saturated carbocycles. The fraction of sp³-hybridized carbons (Fsp3) is 0.550. The first kappa shape index (κ1) is 19.2. The van der Waals surface area contributed by atoms with E-state index in [-0.39, 0.29) is 29.6 Å². The van der Waals surface area contributed by atoms with E-state index in [1.54, 1.807) is 12.1 Å². The van der Waals surface area contributed by atoms with E-state index in [1.165, 1.54) is 6.92 Å². The van der Waals surface area contributed by atoms with Crippen LogP contribution in [0.5, 0.6) is 0 Å². The molecule has 0 spiro atoms. The highest BCUT2D eigenvalue weighted by atomic mass is 16.2. The van der Waals surface area contributed by atoms with Crippen LogP contribution in [0.15, 0.2) is 30.3 Å². The van der Waals surface area contributed by atoms with Crippen molar-refractivity contribution in [3.05, 3.63) is 35.9 Å². The van der Waals surface area contributed by atoms with Crippen LogP contribution in [-0.2, 0) is 9.59 Å². The van der Waals surface area contributed by atoms with Gasteiger partial charge in [0, 0.05) is 44.3 Å². The summed E-state index contributed by atoms with van der Waals surface area (Å²) in [7, 11) is 0. The van der Waals surface area contributed by atoms with Gasteiger partial charge in [0.25, 0.3) is 0 Å². The van der Waals surface area contributed by atoms with Gasteiger partial charge in [-0.05, 0) is 12.3 Å². The smallest absolute Gasteiger partial charge is 0.222 e. The first-order valence-electron chi connectivity index (χ1n) is 9.01. The van der Waals surface area contributed by atoms with Crippen molar-refractivity contribution in [1.82, 2.24) is 10.2 Å². The summed E-state index contributed by atoms with van der Waals surface area (Å²) in [5.41, 5.74) is 0.696. The molecule has 1 fully saturated rings. The van der Waals surface area contributed by atoms with Gasteiger partial charge in [-0.1, -0.05) is 44.2 Å². The van der Waals surface area contributed by atoms with Gasteiger partial charge in [-0.25, -0.2) is 0 Å². The molecule has 2 unspecified atom stereocenters. The molecule has 1 aromatic carbocycles. The van der Waals surface area contributed by atoms with Crippen LogP contribution in [-0.4, -0.2) is 41.6 Å². The lowest BCUT2D eigenvalue weighted by Gasteiger charge is -2.21. The molecule has 1 aliphatic rings. The second kappa shape index (κ2) is 8.79. The van der Waals surface area contributed by atoms with E-state index in [0.717, 1.165) is 0 Å². The summed E-state index contributed by atoms with van der Waals surface area (Å²) in [6.07, 6.45) is 1.31. The van der Waals surface area contributed by atoms with Gasteiger partial charge >= 0.3 is 0 Å². The lowest BCUT2D eigenvalue weighted by atomic mass is 9.91.